The highest BCUT2D eigenvalue weighted by Gasteiger charge is 2.29. The van der Waals surface area contributed by atoms with Crippen molar-refractivity contribution in [1.29, 1.82) is 0 Å². The van der Waals surface area contributed by atoms with E-state index in [9.17, 15) is 9.90 Å². The summed E-state index contributed by atoms with van der Waals surface area (Å²) in [6, 6.07) is 13.6. The Bertz CT molecular complexity index is 1230. The first-order valence-electron chi connectivity index (χ1n) is 10.0. The minimum atomic E-state index is -0.383. The number of benzene rings is 2. The van der Waals surface area contributed by atoms with Gasteiger partial charge in [0.15, 0.2) is 0 Å². The fourth-order valence-corrected chi connectivity index (χ4v) is 5.40. The number of hydrogen-bond donors (Lipinski definition) is 1. The molecule has 1 aliphatic heterocycles. The van der Waals surface area contributed by atoms with Gasteiger partial charge in [-0.3, -0.25) is 4.90 Å². The topological polar surface area (TPSA) is 66.6 Å². The standard InChI is InChI=1S/C23H22N2O3S/c1-2-14-10-16-15(11-22(27)28-20(16)12-19(14)26)13-25-9-5-7-18(25)23-24-17-6-3-4-8-21(17)29-23/h3-4,6,8,10-12,18,26H,2,5,7,9,13H2,1H3. The Balaban J connectivity index is 1.53. The molecule has 1 saturated heterocycles. The van der Waals surface area contributed by atoms with E-state index >= 15 is 0 Å². The van der Waals surface area contributed by atoms with Gasteiger partial charge in [-0.15, -0.1) is 11.3 Å². The molecule has 29 heavy (non-hydrogen) atoms. The first-order chi connectivity index (χ1) is 14.1. The summed E-state index contributed by atoms with van der Waals surface area (Å²) < 4.78 is 6.57. The molecule has 1 unspecified atom stereocenters. The fraction of sp³-hybridized carbons (Fsp3) is 0.304. The summed E-state index contributed by atoms with van der Waals surface area (Å²) in [7, 11) is 0. The van der Waals surface area contributed by atoms with Crippen molar-refractivity contribution in [1.82, 2.24) is 9.88 Å². The van der Waals surface area contributed by atoms with Gasteiger partial charge in [-0.25, -0.2) is 9.78 Å². The minimum absolute atomic E-state index is 0.175. The Morgan fingerprint density at radius 1 is 1.24 bits per heavy atom. The van der Waals surface area contributed by atoms with Crippen LogP contribution in [0.5, 0.6) is 5.75 Å². The van der Waals surface area contributed by atoms with E-state index in [1.165, 1.54) is 4.70 Å². The molecule has 1 aliphatic rings. The van der Waals surface area contributed by atoms with Crippen molar-refractivity contribution in [2.75, 3.05) is 6.54 Å². The second kappa shape index (κ2) is 7.28. The van der Waals surface area contributed by atoms with Crippen LogP contribution < -0.4 is 5.63 Å². The Morgan fingerprint density at radius 2 is 2.10 bits per heavy atom. The molecule has 1 atom stereocenters. The predicted octanol–water partition coefficient (Wildman–Crippen LogP) is 5.01. The van der Waals surface area contributed by atoms with Gasteiger partial charge in [-0.05, 0) is 55.1 Å². The molecule has 5 rings (SSSR count). The number of aryl methyl sites for hydroxylation is 1. The van der Waals surface area contributed by atoms with Crippen molar-refractivity contribution in [2.45, 2.75) is 38.8 Å². The summed E-state index contributed by atoms with van der Waals surface area (Å²) in [5, 5.41) is 12.2. The van der Waals surface area contributed by atoms with Gasteiger partial charge in [0.05, 0.1) is 16.3 Å². The molecule has 2 aromatic carbocycles. The van der Waals surface area contributed by atoms with E-state index in [0.717, 1.165) is 52.8 Å². The lowest BCUT2D eigenvalue weighted by atomic mass is 10.0. The number of fused-ring (bicyclic) bond motifs is 2. The van der Waals surface area contributed by atoms with E-state index in [-0.39, 0.29) is 17.4 Å². The number of phenolic OH excluding ortho intramolecular Hbond substituents is 1. The highest BCUT2D eigenvalue weighted by Crippen LogP contribution is 2.38. The molecule has 2 aromatic heterocycles. The molecule has 0 saturated carbocycles. The SMILES string of the molecule is CCc1cc2c(CN3CCCC3c3nc4ccccc4s3)cc(=O)oc2cc1O. The van der Waals surface area contributed by atoms with Gasteiger partial charge in [-0.1, -0.05) is 19.1 Å². The number of rotatable bonds is 4. The van der Waals surface area contributed by atoms with Crippen LogP contribution in [-0.2, 0) is 13.0 Å². The van der Waals surface area contributed by atoms with Crippen LogP contribution in [0.25, 0.3) is 21.2 Å². The summed E-state index contributed by atoms with van der Waals surface area (Å²) in [5.74, 6) is 0.175. The number of thiazole rings is 1. The molecule has 4 aromatic rings. The van der Waals surface area contributed by atoms with Crippen molar-refractivity contribution < 1.29 is 9.52 Å². The minimum Gasteiger partial charge on any atom is -0.508 e. The van der Waals surface area contributed by atoms with Crippen molar-refractivity contribution in [3.63, 3.8) is 0 Å². The van der Waals surface area contributed by atoms with Gasteiger partial charge in [0.25, 0.3) is 0 Å². The molecule has 148 valence electrons. The summed E-state index contributed by atoms with van der Waals surface area (Å²) in [6.07, 6.45) is 2.90. The number of likely N-dealkylation sites (tertiary alicyclic amines) is 1. The number of aromatic hydroxyl groups is 1. The Morgan fingerprint density at radius 3 is 2.93 bits per heavy atom. The third kappa shape index (κ3) is 3.32. The van der Waals surface area contributed by atoms with Crippen LogP contribution in [0.2, 0.25) is 0 Å². The number of hydrogen-bond acceptors (Lipinski definition) is 6. The van der Waals surface area contributed by atoms with Gasteiger partial charge in [0.1, 0.15) is 16.3 Å². The van der Waals surface area contributed by atoms with Crippen LogP contribution in [0.3, 0.4) is 0 Å². The zero-order chi connectivity index (χ0) is 20.0. The monoisotopic (exact) mass is 406 g/mol. The van der Waals surface area contributed by atoms with Crippen LogP contribution in [0, 0.1) is 0 Å². The quantitative estimate of drug-likeness (QED) is 0.483. The zero-order valence-corrected chi connectivity index (χ0v) is 17.0. The molecule has 5 nitrogen and oxygen atoms in total. The van der Waals surface area contributed by atoms with Crippen molar-refractivity contribution in [3.8, 4) is 5.75 Å². The summed E-state index contributed by atoms with van der Waals surface area (Å²) >= 11 is 1.76. The van der Waals surface area contributed by atoms with Crippen molar-refractivity contribution >= 4 is 32.5 Å². The van der Waals surface area contributed by atoms with E-state index in [0.29, 0.717) is 12.1 Å². The molecule has 1 fully saturated rings. The van der Waals surface area contributed by atoms with E-state index in [2.05, 4.69) is 17.0 Å². The Hall–Kier alpha value is -2.70. The van der Waals surface area contributed by atoms with E-state index < -0.39 is 0 Å². The van der Waals surface area contributed by atoms with Gasteiger partial charge in [0.2, 0.25) is 0 Å². The molecular formula is C23H22N2O3S. The first kappa shape index (κ1) is 18.3. The average molecular weight is 407 g/mol. The van der Waals surface area contributed by atoms with E-state index in [1.807, 2.05) is 25.1 Å². The van der Waals surface area contributed by atoms with Crippen LogP contribution >= 0.6 is 11.3 Å². The smallest absolute Gasteiger partial charge is 0.336 e. The second-order valence-corrected chi connectivity index (χ2v) is 8.63. The van der Waals surface area contributed by atoms with Gasteiger partial charge in [0, 0.05) is 24.1 Å². The van der Waals surface area contributed by atoms with Crippen LogP contribution in [0.1, 0.15) is 41.9 Å². The molecular weight excluding hydrogens is 384 g/mol. The van der Waals surface area contributed by atoms with Gasteiger partial charge in [-0.2, -0.15) is 0 Å². The molecule has 0 amide bonds. The average Bonchev–Trinajstić information content (AvgIpc) is 3.33. The first-order valence-corrected chi connectivity index (χ1v) is 10.8. The fourth-order valence-electron chi connectivity index (χ4n) is 4.27. The Kier molecular flexibility index (Phi) is 4.60. The van der Waals surface area contributed by atoms with E-state index in [4.69, 9.17) is 9.40 Å². The largest absolute Gasteiger partial charge is 0.508 e. The lowest BCUT2D eigenvalue weighted by Crippen LogP contribution is -2.23. The highest BCUT2D eigenvalue weighted by atomic mass is 32.1. The number of para-hydroxylation sites is 1. The number of nitrogens with zero attached hydrogens (tertiary/aromatic N) is 2. The van der Waals surface area contributed by atoms with Crippen molar-refractivity contribution in [3.05, 3.63) is 69.0 Å². The maximum absolute atomic E-state index is 12.1. The molecule has 0 aliphatic carbocycles. The Labute approximate surface area is 172 Å². The molecule has 0 radical (unpaired) electrons. The van der Waals surface area contributed by atoms with Crippen molar-refractivity contribution in [2.24, 2.45) is 0 Å². The number of phenols is 1. The molecule has 0 bridgehead atoms. The molecule has 3 heterocycles. The maximum Gasteiger partial charge on any atom is 0.336 e. The maximum atomic E-state index is 12.1. The summed E-state index contributed by atoms with van der Waals surface area (Å²) in [4.78, 5) is 19.4. The second-order valence-electron chi connectivity index (χ2n) is 7.57. The number of aromatic nitrogens is 1. The van der Waals surface area contributed by atoms with Crippen LogP contribution in [0.4, 0.5) is 0 Å². The predicted molar refractivity (Wildman–Crippen MR) is 116 cm³/mol. The van der Waals surface area contributed by atoms with Crippen LogP contribution in [-0.4, -0.2) is 21.5 Å². The highest BCUT2D eigenvalue weighted by molar-refractivity contribution is 7.18. The van der Waals surface area contributed by atoms with Gasteiger partial charge < -0.3 is 9.52 Å². The zero-order valence-electron chi connectivity index (χ0n) is 16.2. The lowest BCUT2D eigenvalue weighted by Gasteiger charge is -2.23. The third-order valence-electron chi connectivity index (χ3n) is 5.74. The normalized spacial score (nSPS) is 17.5. The summed E-state index contributed by atoms with van der Waals surface area (Å²) in [6.45, 7) is 3.64. The summed E-state index contributed by atoms with van der Waals surface area (Å²) in [5.41, 5.74) is 2.91. The molecule has 0 spiro atoms. The van der Waals surface area contributed by atoms with Crippen LogP contribution in [0.15, 0.2) is 51.7 Å². The van der Waals surface area contributed by atoms with E-state index in [1.54, 1.807) is 23.5 Å². The van der Waals surface area contributed by atoms with Gasteiger partial charge >= 0.3 is 5.63 Å². The molecule has 6 heteroatoms. The lowest BCUT2D eigenvalue weighted by molar-refractivity contribution is 0.248. The molecule has 1 N–H and O–H groups in total. The third-order valence-corrected chi connectivity index (χ3v) is 6.88.